The van der Waals surface area contributed by atoms with Gasteiger partial charge in [-0.1, -0.05) is 129 Å². The number of allylic oxidation sites excluding steroid dienone is 4. The minimum absolute atomic E-state index is 0.0318. The van der Waals surface area contributed by atoms with Crippen LogP contribution < -0.4 is 0 Å². The molecule has 12 heteroatoms. The van der Waals surface area contributed by atoms with E-state index in [0.717, 1.165) is 174 Å². The zero-order valence-corrected chi connectivity index (χ0v) is 43.4. The third-order valence-electron chi connectivity index (χ3n) is 11.6. The molecule has 12 nitrogen and oxygen atoms in total. The van der Waals surface area contributed by atoms with Gasteiger partial charge in [0.15, 0.2) is 6.29 Å². The highest BCUT2D eigenvalue weighted by atomic mass is 16.7. The molecule has 0 saturated heterocycles. The first-order valence-electron chi connectivity index (χ1n) is 27.3. The van der Waals surface area contributed by atoms with E-state index < -0.39 is 5.92 Å². The van der Waals surface area contributed by atoms with E-state index in [1.165, 1.54) is 0 Å². The summed E-state index contributed by atoms with van der Waals surface area (Å²) < 4.78 is 34.2. The summed E-state index contributed by atoms with van der Waals surface area (Å²) in [4.78, 5) is 52.2. The van der Waals surface area contributed by atoms with Crippen LogP contribution in [0.5, 0.6) is 0 Å². The molecule has 0 amide bonds. The second-order valence-corrected chi connectivity index (χ2v) is 18.1. The molecule has 0 atom stereocenters. The van der Waals surface area contributed by atoms with Crippen molar-refractivity contribution in [3.8, 4) is 0 Å². The Morgan fingerprint density at radius 3 is 1.30 bits per heavy atom. The van der Waals surface area contributed by atoms with Gasteiger partial charge in [-0.2, -0.15) is 0 Å². The van der Waals surface area contributed by atoms with E-state index in [0.29, 0.717) is 52.0 Å². The average Bonchev–Trinajstić information content (AvgIpc) is 3.32. The number of hydrogen-bond donors (Lipinski definition) is 1. The van der Waals surface area contributed by atoms with Gasteiger partial charge in [0.1, 0.15) is 19.8 Å². The lowest BCUT2D eigenvalue weighted by Gasteiger charge is -2.21. The van der Waals surface area contributed by atoms with Crippen molar-refractivity contribution in [2.75, 3.05) is 65.9 Å². The SMILES string of the molecule is CC/C=C\CCCCOC(CCC(=O)OCCCCCCCN(CCO)CCCCCC(=O)OCC(COC(=O)CCCCCCC)COC(=O)CCCCCCC)OCCCC/C=C\CC. The van der Waals surface area contributed by atoms with E-state index >= 15 is 0 Å². The lowest BCUT2D eigenvalue weighted by atomic mass is 10.1. The molecule has 0 aromatic rings. The summed E-state index contributed by atoms with van der Waals surface area (Å²) in [6, 6.07) is 0. The van der Waals surface area contributed by atoms with Crippen LogP contribution in [-0.2, 0) is 47.6 Å². The number of aliphatic hydroxyl groups excluding tert-OH is 1. The Kier molecular flexibility index (Phi) is 48.9. The van der Waals surface area contributed by atoms with Crippen molar-refractivity contribution in [2.45, 2.75) is 233 Å². The van der Waals surface area contributed by atoms with Gasteiger partial charge in [0.05, 0.1) is 25.6 Å². The van der Waals surface area contributed by atoms with Crippen molar-refractivity contribution in [3.05, 3.63) is 24.3 Å². The summed E-state index contributed by atoms with van der Waals surface area (Å²) in [6.45, 7) is 12.9. The summed E-state index contributed by atoms with van der Waals surface area (Å²) in [5.74, 6) is -1.47. The second kappa shape index (κ2) is 51.1. The smallest absolute Gasteiger partial charge is 0.305 e. The molecule has 67 heavy (non-hydrogen) atoms. The predicted octanol–water partition coefficient (Wildman–Crippen LogP) is 12.7. The number of nitrogens with zero attached hydrogens (tertiary/aromatic N) is 1. The standard InChI is InChI=1S/C55H101NO11/c1-5-9-13-17-23-33-45-63-55(64-46-34-24-18-14-10-6-2)39-38-54(61)62-44-32-25-19-22-30-40-56(42-43-57)41-31-26-29-37-53(60)67-49-50(47-65-51(58)35-27-20-15-11-7-3)48-66-52(59)36-28-21-16-12-8-4/h9-10,13-14,50,55,57H,5-8,11-12,15-49H2,1-4H3/b13-9-,14-10-. The van der Waals surface area contributed by atoms with Crippen molar-refractivity contribution < 1.29 is 52.7 Å². The van der Waals surface area contributed by atoms with Crippen LogP contribution in [0.25, 0.3) is 0 Å². The third-order valence-corrected chi connectivity index (χ3v) is 11.6. The number of rotatable bonds is 51. The minimum Gasteiger partial charge on any atom is -0.466 e. The summed E-state index contributed by atoms with van der Waals surface area (Å²) in [6.07, 6.45) is 36.4. The van der Waals surface area contributed by atoms with Gasteiger partial charge in [-0.3, -0.25) is 19.2 Å². The zero-order chi connectivity index (χ0) is 49.1. The van der Waals surface area contributed by atoms with Crippen LogP contribution in [0.2, 0.25) is 0 Å². The quantitative estimate of drug-likeness (QED) is 0.0203. The molecule has 1 N–H and O–H groups in total. The van der Waals surface area contributed by atoms with Crippen LogP contribution in [0.4, 0.5) is 0 Å². The normalized spacial score (nSPS) is 11.8. The molecular formula is C55H101NO11. The molecule has 0 radical (unpaired) electrons. The van der Waals surface area contributed by atoms with Gasteiger partial charge in [0, 0.05) is 45.4 Å². The summed E-state index contributed by atoms with van der Waals surface area (Å²) in [5, 5.41) is 9.64. The molecule has 0 unspecified atom stereocenters. The lowest BCUT2D eigenvalue weighted by Crippen LogP contribution is -2.29. The number of ether oxygens (including phenoxy) is 6. The molecule has 0 aromatic carbocycles. The molecule has 0 heterocycles. The molecule has 0 aliphatic heterocycles. The third kappa shape index (κ3) is 46.7. The first kappa shape index (κ1) is 64.2. The van der Waals surface area contributed by atoms with Gasteiger partial charge in [-0.15, -0.1) is 0 Å². The van der Waals surface area contributed by atoms with E-state index in [4.69, 9.17) is 28.4 Å². The maximum absolute atomic E-state index is 12.7. The largest absolute Gasteiger partial charge is 0.466 e. The van der Waals surface area contributed by atoms with Gasteiger partial charge in [-0.25, -0.2) is 0 Å². The molecule has 392 valence electrons. The van der Waals surface area contributed by atoms with Gasteiger partial charge in [-0.05, 0) is 103 Å². The summed E-state index contributed by atoms with van der Waals surface area (Å²) in [5.41, 5.74) is 0. The molecule has 0 bridgehead atoms. The Hall–Kier alpha value is -2.80. The van der Waals surface area contributed by atoms with Gasteiger partial charge in [0.2, 0.25) is 0 Å². The molecule has 0 fully saturated rings. The number of hydrogen-bond acceptors (Lipinski definition) is 12. The molecule has 0 spiro atoms. The topological polar surface area (TPSA) is 147 Å². The molecule has 0 aliphatic rings. The Balaban J connectivity index is 4.41. The predicted molar refractivity (Wildman–Crippen MR) is 271 cm³/mol. The van der Waals surface area contributed by atoms with E-state index in [2.05, 4.69) is 56.9 Å². The number of unbranched alkanes of at least 4 members (excludes halogenated alkanes) is 18. The number of aliphatic hydroxyl groups is 1. The Morgan fingerprint density at radius 2 is 0.836 bits per heavy atom. The maximum atomic E-state index is 12.7. The van der Waals surface area contributed by atoms with Crippen LogP contribution in [0.1, 0.15) is 227 Å². The fourth-order valence-corrected chi connectivity index (χ4v) is 7.40. The minimum atomic E-state index is -0.410. The average molecular weight is 952 g/mol. The summed E-state index contributed by atoms with van der Waals surface area (Å²) >= 11 is 0. The van der Waals surface area contributed by atoms with Gasteiger partial charge < -0.3 is 38.4 Å². The van der Waals surface area contributed by atoms with E-state index in [9.17, 15) is 24.3 Å². The van der Waals surface area contributed by atoms with Crippen molar-refractivity contribution in [3.63, 3.8) is 0 Å². The van der Waals surface area contributed by atoms with Crippen molar-refractivity contribution in [2.24, 2.45) is 5.92 Å². The van der Waals surface area contributed by atoms with Crippen LogP contribution in [0, 0.1) is 5.92 Å². The lowest BCUT2D eigenvalue weighted by molar-refractivity contribution is -0.159. The van der Waals surface area contributed by atoms with Crippen molar-refractivity contribution in [1.82, 2.24) is 4.90 Å². The summed E-state index contributed by atoms with van der Waals surface area (Å²) in [7, 11) is 0. The fraction of sp³-hybridized carbons (Fsp3) is 0.855. The van der Waals surface area contributed by atoms with Crippen molar-refractivity contribution >= 4 is 23.9 Å². The maximum Gasteiger partial charge on any atom is 0.305 e. The van der Waals surface area contributed by atoms with E-state index in [1.54, 1.807) is 0 Å². The second-order valence-electron chi connectivity index (χ2n) is 18.1. The zero-order valence-electron chi connectivity index (χ0n) is 43.4. The highest BCUT2D eigenvalue weighted by Crippen LogP contribution is 2.14. The highest BCUT2D eigenvalue weighted by molar-refractivity contribution is 5.70. The number of carbonyl (C=O) groups is 4. The first-order chi connectivity index (χ1) is 32.8. The number of esters is 4. The van der Waals surface area contributed by atoms with Crippen LogP contribution in [-0.4, -0.2) is 106 Å². The highest BCUT2D eigenvalue weighted by Gasteiger charge is 2.18. The molecule has 0 saturated carbocycles. The molecule has 0 aromatic heterocycles. The Bertz CT molecular complexity index is 1140. The van der Waals surface area contributed by atoms with E-state index in [-0.39, 0.29) is 69.4 Å². The van der Waals surface area contributed by atoms with Crippen LogP contribution >= 0.6 is 0 Å². The Morgan fingerprint density at radius 1 is 0.433 bits per heavy atom. The molecular weight excluding hydrogens is 851 g/mol. The number of carbonyl (C=O) groups excluding carboxylic acids is 4. The van der Waals surface area contributed by atoms with Crippen molar-refractivity contribution in [1.29, 1.82) is 0 Å². The molecule has 0 aliphatic carbocycles. The first-order valence-corrected chi connectivity index (χ1v) is 27.3. The monoisotopic (exact) mass is 952 g/mol. The van der Waals surface area contributed by atoms with Crippen LogP contribution in [0.15, 0.2) is 24.3 Å². The van der Waals surface area contributed by atoms with Crippen LogP contribution in [0.3, 0.4) is 0 Å². The van der Waals surface area contributed by atoms with Gasteiger partial charge >= 0.3 is 23.9 Å². The fourth-order valence-electron chi connectivity index (χ4n) is 7.40. The molecule has 0 rings (SSSR count). The Labute approximate surface area is 409 Å². The van der Waals surface area contributed by atoms with Gasteiger partial charge in [0.25, 0.3) is 0 Å². The van der Waals surface area contributed by atoms with E-state index in [1.807, 2.05) is 0 Å².